The van der Waals surface area contributed by atoms with E-state index in [0.29, 0.717) is 0 Å². The lowest BCUT2D eigenvalue weighted by atomic mass is 10.0. The van der Waals surface area contributed by atoms with Crippen molar-refractivity contribution in [3.8, 4) is 0 Å². The van der Waals surface area contributed by atoms with Gasteiger partial charge in [-0.05, 0) is 32.8 Å². The van der Waals surface area contributed by atoms with Crippen molar-refractivity contribution in [3.05, 3.63) is 47.6 Å². The first-order chi connectivity index (χ1) is 5.97. The molecule has 0 heterocycles. The summed E-state index contributed by atoms with van der Waals surface area (Å²) >= 11 is 0. The normalized spacial score (nSPS) is 10.9. The van der Waals surface area contributed by atoms with E-state index in [0.717, 1.165) is 17.6 Å². The van der Waals surface area contributed by atoms with Gasteiger partial charge in [-0.2, -0.15) is 0 Å². The van der Waals surface area contributed by atoms with E-state index in [1.54, 1.807) is 0 Å². The van der Waals surface area contributed by atoms with Crippen molar-refractivity contribution in [1.82, 2.24) is 0 Å². The molecule has 0 atom stereocenters. The topological polar surface area (TPSA) is 0 Å². The van der Waals surface area contributed by atoms with Crippen LogP contribution < -0.4 is 0 Å². The lowest BCUT2D eigenvalue weighted by Crippen LogP contribution is -1.83. The molecule has 0 aliphatic heterocycles. The van der Waals surface area contributed by atoms with Gasteiger partial charge >= 0.3 is 0 Å². The van der Waals surface area contributed by atoms with Crippen LogP contribution in [0.5, 0.6) is 0 Å². The third-order valence-electron chi connectivity index (χ3n) is 1.75. The Balaban J connectivity index is 4.82. The molecule has 0 saturated heterocycles. The summed E-state index contributed by atoms with van der Waals surface area (Å²) in [5.41, 5.74) is 4.72. The minimum atomic E-state index is 0.993. The van der Waals surface area contributed by atoms with E-state index in [1.807, 2.05) is 6.92 Å². The first-order valence-electron chi connectivity index (χ1n) is 4.67. The molecule has 0 heteroatoms. The maximum Gasteiger partial charge on any atom is -0.0231 e. The highest BCUT2D eigenvalue weighted by Crippen LogP contribution is 2.14. The molecule has 0 spiro atoms. The SMILES string of the molecule is C=C(/C=C(\C=C(C)C)C(=C)C)CC. The monoisotopic (exact) mass is 176 g/mol. The van der Waals surface area contributed by atoms with E-state index >= 15 is 0 Å². The molecule has 0 aliphatic carbocycles. The van der Waals surface area contributed by atoms with Crippen LogP contribution in [0.15, 0.2) is 47.6 Å². The van der Waals surface area contributed by atoms with Crippen LogP contribution in [0.1, 0.15) is 34.1 Å². The summed E-state index contributed by atoms with van der Waals surface area (Å²) in [5.74, 6) is 0. The van der Waals surface area contributed by atoms with E-state index in [2.05, 4.69) is 46.1 Å². The van der Waals surface area contributed by atoms with Crippen LogP contribution in [-0.2, 0) is 0 Å². The zero-order valence-electron chi connectivity index (χ0n) is 9.28. The fraction of sp³-hybridized carbons (Fsp3) is 0.385. The van der Waals surface area contributed by atoms with E-state index in [1.165, 1.54) is 11.1 Å². The van der Waals surface area contributed by atoms with Crippen LogP contribution in [0.3, 0.4) is 0 Å². The average Bonchev–Trinajstić information content (AvgIpc) is 2.02. The Morgan fingerprint density at radius 1 is 1.08 bits per heavy atom. The fourth-order valence-corrected chi connectivity index (χ4v) is 0.921. The summed E-state index contributed by atoms with van der Waals surface area (Å²) in [5, 5.41) is 0. The first-order valence-corrected chi connectivity index (χ1v) is 4.67. The van der Waals surface area contributed by atoms with E-state index in [-0.39, 0.29) is 0 Å². The molecule has 0 aliphatic rings. The van der Waals surface area contributed by atoms with Crippen molar-refractivity contribution in [1.29, 1.82) is 0 Å². The molecule has 0 aromatic carbocycles. The minimum absolute atomic E-state index is 0.993. The Morgan fingerprint density at radius 2 is 1.62 bits per heavy atom. The van der Waals surface area contributed by atoms with Crippen LogP contribution in [-0.4, -0.2) is 0 Å². The molecule has 0 bridgehead atoms. The molecule has 0 N–H and O–H groups in total. The molecule has 0 fully saturated rings. The first kappa shape index (κ1) is 12.0. The number of hydrogen-bond acceptors (Lipinski definition) is 0. The maximum absolute atomic E-state index is 3.96. The smallest absolute Gasteiger partial charge is 0.0231 e. The van der Waals surface area contributed by atoms with E-state index in [9.17, 15) is 0 Å². The molecular formula is C13H20. The van der Waals surface area contributed by atoms with Gasteiger partial charge in [-0.1, -0.05) is 49.0 Å². The van der Waals surface area contributed by atoms with Crippen molar-refractivity contribution in [2.24, 2.45) is 0 Å². The third kappa shape index (κ3) is 5.24. The Hall–Kier alpha value is -1.04. The largest absolute Gasteiger partial charge is 0.0958 e. The van der Waals surface area contributed by atoms with Gasteiger partial charge in [0.25, 0.3) is 0 Å². The van der Waals surface area contributed by atoms with Crippen molar-refractivity contribution in [2.75, 3.05) is 0 Å². The molecule has 0 saturated carbocycles. The molecule has 72 valence electrons. The highest BCUT2D eigenvalue weighted by Gasteiger charge is 1.94. The summed E-state index contributed by atoms with van der Waals surface area (Å²) in [4.78, 5) is 0. The van der Waals surface area contributed by atoms with Gasteiger partial charge in [-0.15, -0.1) is 0 Å². The molecule has 0 rings (SSSR count). The second-order valence-corrected chi connectivity index (χ2v) is 3.61. The lowest BCUT2D eigenvalue weighted by molar-refractivity contribution is 1.15. The van der Waals surface area contributed by atoms with Crippen LogP contribution >= 0.6 is 0 Å². The predicted octanol–water partition coefficient (Wildman–Crippen LogP) is 4.42. The van der Waals surface area contributed by atoms with Gasteiger partial charge in [0.1, 0.15) is 0 Å². The van der Waals surface area contributed by atoms with Gasteiger partial charge < -0.3 is 0 Å². The summed E-state index contributed by atoms with van der Waals surface area (Å²) in [6.45, 7) is 16.2. The highest BCUT2D eigenvalue weighted by atomic mass is 14.0. The zero-order valence-corrected chi connectivity index (χ0v) is 9.28. The second-order valence-electron chi connectivity index (χ2n) is 3.61. The fourth-order valence-electron chi connectivity index (χ4n) is 0.921. The highest BCUT2D eigenvalue weighted by molar-refractivity contribution is 5.42. The average molecular weight is 176 g/mol. The van der Waals surface area contributed by atoms with E-state index in [4.69, 9.17) is 0 Å². The number of allylic oxidation sites excluding steroid dienone is 6. The summed E-state index contributed by atoms with van der Waals surface area (Å²) in [6.07, 6.45) is 5.24. The Morgan fingerprint density at radius 3 is 1.92 bits per heavy atom. The van der Waals surface area contributed by atoms with Gasteiger partial charge in [-0.3, -0.25) is 0 Å². The van der Waals surface area contributed by atoms with Crippen molar-refractivity contribution < 1.29 is 0 Å². The van der Waals surface area contributed by atoms with E-state index < -0.39 is 0 Å². The third-order valence-corrected chi connectivity index (χ3v) is 1.75. The van der Waals surface area contributed by atoms with Crippen molar-refractivity contribution in [3.63, 3.8) is 0 Å². The van der Waals surface area contributed by atoms with Gasteiger partial charge in [-0.25, -0.2) is 0 Å². The molecule has 13 heavy (non-hydrogen) atoms. The zero-order chi connectivity index (χ0) is 10.4. The lowest BCUT2D eigenvalue weighted by Gasteiger charge is -2.03. The van der Waals surface area contributed by atoms with Gasteiger partial charge in [0.15, 0.2) is 0 Å². The molecule has 0 aromatic heterocycles. The minimum Gasteiger partial charge on any atom is -0.0958 e. The molecule has 0 amide bonds. The number of rotatable bonds is 4. The predicted molar refractivity (Wildman–Crippen MR) is 61.8 cm³/mol. The molecular weight excluding hydrogens is 156 g/mol. The molecule has 0 aromatic rings. The quantitative estimate of drug-likeness (QED) is 0.556. The van der Waals surface area contributed by atoms with Crippen LogP contribution in [0.2, 0.25) is 0 Å². The summed E-state index contributed by atoms with van der Waals surface area (Å²) in [7, 11) is 0. The summed E-state index contributed by atoms with van der Waals surface area (Å²) < 4.78 is 0. The Kier molecular flexibility index (Phi) is 5.13. The Bertz CT molecular complexity index is 258. The van der Waals surface area contributed by atoms with Gasteiger partial charge in [0, 0.05) is 0 Å². The summed E-state index contributed by atoms with van der Waals surface area (Å²) in [6, 6.07) is 0. The van der Waals surface area contributed by atoms with Crippen LogP contribution in [0, 0.1) is 0 Å². The molecule has 0 unspecified atom stereocenters. The standard InChI is InChI=1S/C13H20/c1-7-12(6)9-13(11(4)5)8-10(2)3/h8-9H,4,6-7H2,1-3,5H3/b13-9+. The van der Waals surface area contributed by atoms with Crippen LogP contribution in [0.4, 0.5) is 0 Å². The van der Waals surface area contributed by atoms with Crippen LogP contribution in [0.25, 0.3) is 0 Å². The van der Waals surface area contributed by atoms with Crippen molar-refractivity contribution in [2.45, 2.75) is 34.1 Å². The maximum atomic E-state index is 3.96. The molecule has 0 radical (unpaired) electrons. The van der Waals surface area contributed by atoms with Crippen molar-refractivity contribution >= 4 is 0 Å². The number of hydrogen-bond donors (Lipinski definition) is 0. The van der Waals surface area contributed by atoms with Gasteiger partial charge in [0.2, 0.25) is 0 Å². The second kappa shape index (κ2) is 5.58. The van der Waals surface area contributed by atoms with Gasteiger partial charge in [0.05, 0.1) is 0 Å². The molecule has 0 nitrogen and oxygen atoms in total. The Labute approximate surface area is 82.4 Å².